The smallest absolute Gasteiger partial charge is 0.237 e. The fraction of sp³-hybridized carbons (Fsp3) is 0.238. The minimum atomic E-state index is -0.258. The molecule has 0 saturated carbocycles. The van der Waals surface area contributed by atoms with E-state index in [1.54, 1.807) is 6.20 Å². The summed E-state index contributed by atoms with van der Waals surface area (Å²) < 4.78 is 2.01. The molecule has 2 aromatic carbocycles. The van der Waals surface area contributed by atoms with Gasteiger partial charge in [-0.15, -0.1) is 0 Å². The van der Waals surface area contributed by atoms with Crippen LogP contribution in [0.4, 0.5) is 5.69 Å². The Morgan fingerprint density at radius 3 is 2.69 bits per heavy atom. The van der Waals surface area contributed by atoms with Crippen LogP contribution in [0.5, 0.6) is 0 Å². The maximum Gasteiger partial charge on any atom is 0.237 e. The van der Waals surface area contributed by atoms with Gasteiger partial charge < -0.3 is 5.32 Å². The summed E-state index contributed by atoms with van der Waals surface area (Å²) in [5, 5.41) is 3.52. The summed E-state index contributed by atoms with van der Waals surface area (Å²) in [7, 11) is 0. The molecule has 0 saturated heterocycles. The molecule has 3 aromatic rings. The Hall–Kier alpha value is -2.53. The Bertz CT molecular complexity index is 886. The predicted octanol–water partition coefficient (Wildman–Crippen LogP) is 4.86. The zero-order chi connectivity index (χ0) is 18.5. The number of aryl methyl sites for hydroxylation is 2. The predicted molar refractivity (Wildman–Crippen MR) is 108 cm³/mol. The molecule has 5 heteroatoms. The van der Waals surface area contributed by atoms with E-state index in [0.29, 0.717) is 0 Å². The first kappa shape index (κ1) is 18.3. The largest absolute Gasteiger partial charge is 0.325 e. The van der Waals surface area contributed by atoms with Gasteiger partial charge in [0.25, 0.3) is 0 Å². The lowest BCUT2D eigenvalue weighted by Crippen LogP contribution is -2.22. The SMILES string of the molecule is CCc1ccc(NC(=O)[C@H](C)Sc2nccn2-c2cccc(C)c2)cc1. The third-order valence-electron chi connectivity index (χ3n) is 4.17. The summed E-state index contributed by atoms with van der Waals surface area (Å²) in [6.07, 6.45) is 4.67. The third kappa shape index (κ3) is 4.35. The Kier molecular flexibility index (Phi) is 5.78. The number of nitrogens with zero attached hydrogens (tertiary/aromatic N) is 2. The van der Waals surface area contributed by atoms with Crippen LogP contribution >= 0.6 is 11.8 Å². The van der Waals surface area contributed by atoms with E-state index in [0.717, 1.165) is 23.0 Å². The summed E-state index contributed by atoms with van der Waals surface area (Å²) in [6, 6.07) is 16.2. The third-order valence-corrected chi connectivity index (χ3v) is 5.25. The van der Waals surface area contributed by atoms with Gasteiger partial charge in [-0.3, -0.25) is 9.36 Å². The van der Waals surface area contributed by atoms with E-state index in [9.17, 15) is 4.79 Å². The van der Waals surface area contributed by atoms with Crippen molar-refractivity contribution >= 4 is 23.4 Å². The van der Waals surface area contributed by atoms with Crippen LogP contribution in [0.1, 0.15) is 25.0 Å². The average molecular weight is 366 g/mol. The normalized spacial score (nSPS) is 12.0. The van der Waals surface area contributed by atoms with Crippen molar-refractivity contribution in [2.75, 3.05) is 5.32 Å². The molecule has 1 N–H and O–H groups in total. The number of nitrogens with one attached hydrogen (secondary N) is 1. The Morgan fingerprint density at radius 1 is 1.23 bits per heavy atom. The number of imidazole rings is 1. The molecule has 0 fully saturated rings. The molecule has 0 spiro atoms. The van der Waals surface area contributed by atoms with Crippen molar-refractivity contribution in [1.82, 2.24) is 9.55 Å². The lowest BCUT2D eigenvalue weighted by molar-refractivity contribution is -0.115. The summed E-state index contributed by atoms with van der Waals surface area (Å²) in [5.41, 5.74) is 4.31. The van der Waals surface area contributed by atoms with E-state index in [1.807, 2.05) is 54.1 Å². The van der Waals surface area contributed by atoms with Crippen molar-refractivity contribution in [2.24, 2.45) is 0 Å². The van der Waals surface area contributed by atoms with Crippen LogP contribution in [-0.2, 0) is 11.2 Å². The summed E-state index contributed by atoms with van der Waals surface area (Å²) >= 11 is 1.45. The molecule has 134 valence electrons. The molecule has 0 unspecified atom stereocenters. The average Bonchev–Trinajstić information content (AvgIpc) is 3.10. The second-order valence-electron chi connectivity index (χ2n) is 6.22. The number of carbonyl (C=O) groups is 1. The van der Waals surface area contributed by atoms with E-state index in [2.05, 4.69) is 36.3 Å². The standard InChI is InChI=1S/C21H23N3OS/c1-4-17-8-10-18(11-9-17)23-20(25)16(3)26-21-22-12-13-24(21)19-7-5-6-15(2)14-19/h5-14,16H,4H2,1-3H3,(H,23,25)/t16-/m0/s1. The van der Waals surface area contributed by atoms with Crippen molar-refractivity contribution in [3.63, 3.8) is 0 Å². The van der Waals surface area contributed by atoms with E-state index < -0.39 is 0 Å². The second kappa shape index (κ2) is 8.23. The van der Waals surface area contributed by atoms with Gasteiger partial charge in [-0.25, -0.2) is 4.98 Å². The summed E-state index contributed by atoms with van der Waals surface area (Å²) in [4.78, 5) is 16.9. The quantitative estimate of drug-likeness (QED) is 0.635. The van der Waals surface area contributed by atoms with Crippen molar-refractivity contribution in [3.8, 4) is 5.69 Å². The number of thioether (sulfide) groups is 1. The highest BCUT2D eigenvalue weighted by atomic mass is 32.2. The zero-order valence-electron chi connectivity index (χ0n) is 15.3. The van der Waals surface area contributed by atoms with Gasteiger partial charge in [0, 0.05) is 23.8 Å². The molecule has 4 nitrogen and oxygen atoms in total. The maximum absolute atomic E-state index is 12.5. The molecule has 1 aromatic heterocycles. The molecular formula is C21H23N3OS. The first-order valence-corrected chi connectivity index (χ1v) is 9.61. The van der Waals surface area contributed by atoms with Gasteiger partial charge in [-0.05, 0) is 55.7 Å². The molecule has 0 aliphatic heterocycles. The van der Waals surface area contributed by atoms with Gasteiger partial charge in [0.05, 0.1) is 5.25 Å². The lowest BCUT2D eigenvalue weighted by atomic mass is 10.1. The van der Waals surface area contributed by atoms with E-state index >= 15 is 0 Å². The molecular weight excluding hydrogens is 342 g/mol. The molecule has 0 aliphatic rings. The topological polar surface area (TPSA) is 46.9 Å². The van der Waals surface area contributed by atoms with Gasteiger partial charge in [-0.1, -0.05) is 43.0 Å². The van der Waals surface area contributed by atoms with Crippen LogP contribution in [0.3, 0.4) is 0 Å². The molecule has 1 amide bonds. The highest BCUT2D eigenvalue weighted by Crippen LogP contribution is 2.25. The number of carbonyl (C=O) groups excluding carboxylic acids is 1. The molecule has 1 heterocycles. The monoisotopic (exact) mass is 365 g/mol. The lowest BCUT2D eigenvalue weighted by Gasteiger charge is -2.13. The van der Waals surface area contributed by atoms with Crippen LogP contribution in [0, 0.1) is 6.92 Å². The van der Waals surface area contributed by atoms with Gasteiger partial charge in [0.1, 0.15) is 0 Å². The molecule has 0 aliphatic carbocycles. The Morgan fingerprint density at radius 2 is 2.00 bits per heavy atom. The van der Waals surface area contributed by atoms with E-state index in [1.165, 1.54) is 22.9 Å². The minimum Gasteiger partial charge on any atom is -0.325 e. The van der Waals surface area contributed by atoms with Gasteiger partial charge in [0.15, 0.2) is 5.16 Å². The van der Waals surface area contributed by atoms with Crippen molar-refractivity contribution in [1.29, 1.82) is 0 Å². The fourth-order valence-corrected chi connectivity index (χ4v) is 3.51. The van der Waals surface area contributed by atoms with Gasteiger partial charge in [-0.2, -0.15) is 0 Å². The van der Waals surface area contributed by atoms with E-state index in [4.69, 9.17) is 0 Å². The maximum atomic E-state index is 12.5. The van der Waals surface area contributed by atoms with Crippen LogP contribution < -0.4 is 5.32 Å². The Labute approximate surface area is 158 Å². The number of benzene rings is 2. The van der Waals surface area contributed by atoms with Crippen molar-refractivity contribution in [3.05, 3.63) is 72.1 Å². The first-order chi connectivity index (χ1) is 12.6. The molecule has 3 rings (SSSR count). The minimum absolute atomic E-state index is 0.0296. The number of amides is 1. The second-order valence-corrected chi connectivity index (χ2v) is 7.53. The summed E-state index contributed by atoms with van der Waals surface area (Å²) in [6.45, 7) is 6.07. The highest BCUT2D eigenvalue weighted by molar-refractivity contribution is 8.00. The van der Waals surface area contributed by atoms with E-state index in [-0.39, 0.29) is 11.2 Å². The fourth-order valence-electron chi connectivity index (χ4n) is 2.63. The number of anilines is 1. The number of hydrogen-bond donors (Lipinski definition) is 1. The molecule has 0 radical (unpaired) electrons. The van der Waals surface area contributed by atoms with Crippen LogP contribution in [0.15, 0.2) is 66.1 Å². The number of rotatable bonds is 6. The van der Waals surface area contributed by atoms with Gasteiger partial charge in [0.2, 0.25) is 5.91 Å². The Balaban J connectivity index is 1.69. The molecule has 0 bridgehead atoms. The number of aromatic nitrogens is 2. The zero-order valence-corrected chi connectivity index (χ0v) is 16.1. The van der Waals surface area contributed by atoms with Crippen LogP contribution in [0.25, 0.3) is 5.69 Å². The highest BCUT2D eigenvalue weighted by Gasteiger charge is 2.18. The first-order valence-electron chi connectivity index (χ1n) is 8.73. The van der Waals surface area contributed by atoms with Crippen molar-refractivity contribution < 1.29 is 4.79 Å². The van der Waals surface area contributed by atoms with Crippen molar-refractivity contribution in [2.45, 2.75) is 37.6 Å². The molecule has 1 atom stereocenters. The molecule has 26 heavy (non-hydrogen) atoms. The summed E-state index contributed by atoms with van der Waals surface area (Å²) in [5.74, 6) is -0.0296. The number of hydrogen-bond acceptors (Lipinski definition) is 3. The van der Waals surface area contributed by atoms with Crippen LogP contribution in [0.2, 0.25) is 0 Å². The van der Waals surface area contributed by atoms with Crippen LogP contribution in [-0.4, -0.2) is 20.7 Å². The van der Waals surface area contributed by atoms with Gasteiger partial charge >= 0.3 is 0 Å².